The van der Waals surface area contributed by atoms with E-state index in [1.54, 1.807) is 0 Å². The van der Waals surface area contributed by atoms with Crippen LogP contribution in [0, 0.1) is 0 Å². The van der Waals surface area contributed by atoms with Crippen LogP contribution in [0.25, 0.3) is 0 Å². The average Bonchev–Trinajstić information content (AvgIpc) is 2.23. The Kier molecular flexibility index (Phi) is 17.7. The molecule has 0 spiro atoms. The summed E-state index contributed by atoms with van der Waals surface area (Å²) in [6.45, 7) is 6.34. The van der Waals surface area contributed by atoms with Gasteiger partial charge in [0, 0.05) is 19.8 Å². The lowest BCUT2D eigenvalue weighted by atomic mass is 10.4. The summed E-state index contributed by atoms with van der Waals surface area (Å²) in [7, 11) is 0. The molecular formula is C9H23NO4. The molecule has 0 rings (SSSR count). The zero-order valence-electron chi connectivity index (χ0n) is 9.11. The monoisotopic (exact) mass is 209 g/mol. The number of rotatable bonds is 7. The third kappa shape index (κ3) is 17.8. The molecule has 0 amide bonds. The molecule has 5 heteroatoms. The molecular weight excluding hydrogens is 186 g/mol. The van der Waals surface area contributed by atoms with Crippen LogP contribution in [0.3, 0.4) is 0 Å². The van der Waals surface area contributed by atoms with Gasteiger partial charge in [-0.25, -0.2) is 0 Å². The Morgan fingerprint density at radius 2 is 1.79 bits per heavy atom. The summed E-state index contributed by atoms with van der Waals surface area (Å²) in [5.41, 5.74) is 5.08. The van der Waals surface area contributed by atoms with E-state index in [0.717, 1.165) is 0 Å². The fraction of sp³-hybridized carbons (Fsp3) is 1.00. The van der Waals surface area contributed by atoms with Gasteiger partial charge in [0.15, 0.2) is 0 Å². The van der Waals surface area contributed by atoms with E-state index in [4.69, 9.17) is 25.4 Å². The van der Waals surface area contributed by atoms with Crippen LogP contribution < -0.4 is 5.73 Å². The van der Waals surface area contributed by atoms with Crippen molar-refractivity contribution in [2.75, 3.05) is 39.6 Å². The number of hydrogen-bond acceptors (Lipinski definition) is 5. The zero-order valence-corrected chi connectivity index (χ0v) is 9.11. The summed E-state index contributed by atoms with van der Waals surface area (Å²) in [6.07, 6.45) is -0.491. The Hall–Kier alpha value is -0.200. The summed E-state index contributed by atoms with van der Waals surface area (Å²) in [5, 5.41) is 16.8. The number of aliphatic hydroxyl groups is 2. The van der Waals surface area contributed by atoms with Crippen LogP contribution >= 0.6 is 0 Å². The largest absolute Gasteiger partial charge is 0.394 e. The lowest BCUT2D eigenvalue weighted by Crippen LogP contribution is -2.24. The highest BCUT2D eigenvalue weighted by Gasteiger charge is 1.97. The highest BCUT2D eigenvalue weighted by Crippen LogP contribution is 1.79. The molecule has 0 radical (unpaired) electrons. The number of nitrogens with two attached hydrogens (primary N) is 1. The van der Waals surface area contributed by atoms with Crippen molar-refractivity contribution in [3.8, 4) is 0 Å². The molecule has 4 N–H and O–H groups in total. The van der Waals surface area contributed by atoms with Gasteiger partial charge in [0.1, 0.15) is 0 Å². The molecule has 1 unspecified atom stereocenters. The van der Waals surface area contributed by atoms with E-state index in [-0.39, 0.29) is 13.2 Å². The molecule has 0 aromatic heterocycles. The molecule has 1 atom stereocenters. The molecule has 0 heterocycles. The minimum Gasteiger partial charge on any atom is -0.394 e. The summed E-state index contributed by atoms with van der Waals surface area (Å²) >= 11 is 0. The van der Waals surface area contributed by atoms with Crippen molar-refractivity contribution >= 4 is 0 Å². The average molecular weight is 209 g/mol. The summed E-state index contributed by atoms with van der Waals surface area (Å²) in [5.74, 6) is 0. The van der Waals surface area contributed by atoms with Gasteiger partial charge >= 0.3 is 0 Å². The second-order valence-electron chi connectivity index (χ2n) is 2.47. The normalized spacial score (nSPS) is 11.8. The van der Waals surface area contributed by atoms with Gasteiger partial charge in [-0.2, -0.15) is 0 Å². The molecule has 0 aliphatic carbocycles. The minimum atomic E-state index is -0.491. The Balaban J connectivity index is 0. The predicted molar refractivity (Wildman–Crippen MR) is 55.1 cm³/mol. The third-order valence-corrected chi connectivity index (χ3v) is 1.23. The van der Waals surface area contributed by atoms with E-state index in [1.807, 2.05) is 13.8 Å². The van der Waals surface area contributed by atoms with Gasteiger partial charge < -0.3 is 25.4 Å². The fourth-order valence-corrected chi connectivity index (χ4v) is 0.531. The highest BCUT2D eigenvalue weighted by atomic mass is 16.5. The van der Waals surface area contributed by atoms with Crippen LogP contribution in [-0.4, -0.2) is 55.9 Å². The number of aliphatic hydroxyl groups excluding tert-OH is 2. The molecule has 0 saturated heterocycles. The quantitative estimate of drug-likeness (QED) is 0.486. The maximum Gasteiger partial charge on any atom is 0.0895 e. The fourth-order valence-electron chi connectivity index (χ4n) is 0.531. The molecule has 0 bridgehead atoms. The van der Waals surface area contributed by atoms with Crippen molar-refractivity contribution in [3.05, 3.63) is 0 Å². The van der Waals surface area contributed by atoms with E-state index in [1.165, 1.54) is 0 Å². The first kappa shape index (κ1) is 16.2. The lowest BCUT2D eigenvalue weighted by molar-refractivity contribution is 0.0474. The Morgan fingerprint density at radius 1 is 1.21 bits per heavy atom. The van der Waals surface area contributed by atoms with Crippen LogP contribution in [-0.2, 0) is 9.47 Å². The van der Waals surface area contributed by atoms with Crippen molar-refractivity contribution in [1.82, 2.24) is 0 Å². The smallest absolute Gasteiger partial charge is 0.0895 e. The Bertz CT molecular complexity index is 88.9. The molecule has 0 aromatic carbocycles. The van der Waals surface area contributed by atoms with Crippen molar-refractivity contribution < 1.29 is 19.7 Å². The van der Waals surface area contributed by atoms with E-state index in [2.05, 4.69) is 0 Å². The van der Waals surface area contributed by atoms with Crippen molar-refractivity contribution in [2.24, 2.45) is 5.73 Å². The molecule has 5 nitrogen and oxygen atoms in total. The van der Waals surface area contributed by atoms with Crippen molar-refractivity contribution in [1.29, 1.82) is 0 Å². The predicted octanol–water partition coefficient (Wildman–Crippen LogP) is -0.642. The van der Waals surface area contributed by atoms with Crippen LogP contribution in [0.15, 0.2) is 0 Å². The first-order valence-corrected chi connectivity index (χ1v) is 4.87. The molecule has 0 aromatic rings. The van der Waals surface area contributed by atoms with Crippen LogP contribution in [0.2, 0.25) is 0 Å². The molecule has 88 valence electrons. The standard InChI is InChI=1S/C5H13NO2.C4H10O2/c1-2-8-4-5(7)3-6;1-2-6-4-3-5/h5,7H,2-4,6H2,1H3;5H,2-4H2,1H3. The topological polar surface area (TPSA) is 84.9 Å². The van der Waals surface area contributed by atoms with Crippen LogP contribution in [0.4, 0.5) is 0 Å². The number of ether oxygens (including phenoxy) is 2. The van der Waals surface area contributed by atoms with E-state index in [0.29, 0.717) is 26.4 Å². The van der Waals surface area contributed by atoms with Gasteiger partial charge in [0.05, 0.1) is 25.9 Å². The lowest BCUT2D eigenvalue weighted by Gasteiger charge is -2.05. The SMILES string of the molecule is CCOCC(O)CN.CCOCCO. The van der Waals surface area contributed by atoms with Gasteiger partial charge in [-0.3, -0.25) is 0 Å². The van der Waals surface area contributed by atoms with Crippen molar-refractivity contribution in [3.63, 3.8) is 0 Å². The second kappa shape index (κ2) is 15.3. The first-order chi connectivity index (χ1) is 6.72. The summed E-state index contributed by atoms with van der Waals surface area (Å²) < 4.78 is 9.59. The van der Waals surface area contributed by atoms with Crippen LogP contribution in [0.1, 0.15) is 13.8 Å². The maximum absolute atomic E-state index is 8.74. The maximum atomic E-state index is 8.74. The highest BCUT2D eigenvalue weighted by molar-refractivity contribution is 4.50. The van der Waals surface area contributed by atoms with Gasteiger partial charge in [-0.15, -0.1) is 0 Å². The van der Waals surface area contributed by atoms with E-state index in [9.17, 15) is 0 Å². The summed E-state index contributed by atoms with van der Waals surface area (Å²) in [4.78, 5) is 0. The minimum absolute atomic E-state index is 0.133. The van der Waals surface area contributed by atoms with E-state index >= 15 is 0 Å². The van der Waals surface area contributed by atoms with Gasteiger partial charge in [0.2, 0.25) is 0 Å². The number of hydrogen-bond donors (Lipinski definition) is 3. The molecule has 14 heavy (non-hydrogen) atoms. The van der Waals surface area contributed by atoms with Gasteiger partial charge in [-0.05, 0) is 13.8 Å². The third-order valence-electron chi connectivity index (χ3n) is 1.23. The first-order valence-electron chi connectivity index (χ1n) is 4.87. The van der Waals surface area contributed by atoms with Gasteiger partial charge in [0.25, 0.3) is 0 Å². The van der Waals surface area contributed by atoms with Crippen LogP contribution in [0.5, 0.6) is 0 Å². The zero-order chi connectivity index (χ0) is 11.2. The Morgan fingerprint density at radius 3 is 2.07 bits per heavy atom. The molecule has 0 aliphatic heterocycles. The molecule has 0 fully saturated rings. The molecule has 0 aliphatic rings. The summed E-state index contributed by atoms with van der Waals surface area (Å²) in [6, 6.07) is 0. The van der Waals surface area contributed by atoms with E-state index < -0.39 is 6.10 Å². The Labute approximate surface area is 85.8 Å². The molecule has 0 saturated carbocycles. The van der Waals surface area contributed by atoms with Gasteiger partial charge in [-0.1, -0.05) is 0 Å². The van der Waals surface area contributed by atoms with Crippen molar-refractivity contribution in [2.45, 2.75) is 20.0 Å². The second-order valence-corrected chi connectivity index (χ2v) is 2.47.